The minimum Gasteiger partial charge on any atom is -0.481 e. The largest absolute Gasteiger partial charge is 0.481 e. The van der Waals surface area contributed by atoms with Crippen LogP contribution in [0.2, 0.25) is 0 Å². The maximum atomic E-state index is 13.7. The van der Waals surface area contributed by atoms with E-state index in [2.05, 4.69) is 10.1 Å². The molecule has 0 saturated heterocycles. The molecular weight excluding hydrogens is 249 g/mol. The van der Waals surface area contributed by atoms with Gasteiger partial charge in [0.05, 0.1) is 5.92 Å². The zero-order valence-electron chi connectivity index (χ0n) is 10.5. The summed E-state index contributed by atoms with van der Waals surface area (Å²) in [7, 11) is 0. The number of carboxylic acids is 1. The third-order valence-electron chi connectivity index (χ3n) is 2.96. The van der Waals surface area contributed by atoms with E-state index in [0.29, 0.717) is 12.4 Å². The van der Waals surface area contributed by atoms with Crippen molar-refractivity contribution in [1.29, 1.82) is 0 Å². The van der Waals surface area contributed by atoms with Crippen molar-refractivity contribution < 1.29 is 14.3 Å². The molecule has 2 rings (SSSR count). The van der Waals surface area contributed by atoms with Crippen LogP contribution < -0.4 is 0 Å². The molecule has 0 bridgehead atoms. The van der Waals surface area contributed by atoms with Gasteiger partial charge in [-0.3, -0.25) is 9.48 Å². The van der Waals surface area contributed by atoms with Crippen LogP contribution in [0.3, 0.4) is 0 Å². The molecule has 6 heteroatoms. The predicted octanol–water partition coefficient (Wildman–Crippen LogP) is 1.85. The highest BCUT2D eigenvalue weighted by Gasteiger charge is 2.25. The van der Waals surface area contributed by atoms with Gasteiger partial charge in [-0.15, -0.1) is 0 Å². The minimum atomic E-state index is -1.07. The molecule has 0 amide bonds. The summed E-state index contributed by atoms with van der Waals surface area (Å²) in [6.45, 7) is 2.48. The molecule has 2 aromatic rings. The smallest absolute Gasteiger partial charge is 0.311 e. The van der Waals surface area contributed by atoms with E-state index in [1.165, 1.54) is 24.5 Å². The molecule has 100 valence electrons. The Balaban J connectivity index is 2.32. The van der Waals surface area contributed by atoms with E-state index in [1.807, 2.05) is 6.92 Å². The molecule has 0 aliphatic carbocycles. The summed E-state index contributed by atoms with van der Waals surface area (Å²) >= 11 is 0. The van der Waals surface area contributed by atoms with Crippen LogP contribution in [0, 0.1) is 5.82 Å². The molecule has 0 fully saturated rings. The van der Waals surface area contributed by atoms with Gasteiger partial charge in [0.2, 0.25) is 0 Å². The van der Waals surface area contributed by atoms with Crippen molar-refractivity contribution in [1.82, 2.24) is 14.8 Å². The van der Waals surface area contributed by atoms with Gasteiger partial charge in [-0.05, 0) is 13.0 Å². The minimum absolute atomic E-state index is 0.115. The summed E-state index contributed by atoms with van der Waals surface area (Å²) in [4.78, 5) is 15.4. The molecule has 1 heterocycles. The van der Waals surface area contributed by atoms with Crippen LogP contribution in [0.5, 0.6) is 0 Å². The van der Waals surface area contributed by atoms with E-state index in [-0.39, 0.29) is 12.0 Å². The number of carbonyl (C=O) groups is 1. The fourth-order valence-corrected chi connectivity index (χ4v) is 1.98. The van der Waals surface area contributed by atoms with E-state index in [1.54, 1.807) is 10.7 Å². The highest BCUT2D eigenvalue weighted by atomic mass is 19.1. The van der Waals surface area contributed by atoms with E-state index < -0.39 is 17.7 Å². The maximum absolute atomic E-state index is 13.7. The van der Waals surface area contributed by atoms with Crippen LogP contribution in [0.4, 0.5) is 4.39 Å². The van der Waals surface area contributed by atoms with E-state index >= 15 is 0 Å². The second-order valence-corrected chi connectivity index (χ2v) is 4.11. The first-order chi connectivity index (χ1) is 9.13. The number of rotatable bonds is 5. The number of aryl methyl sites for hydroxylation is 1. The Labute approximate surface area is 109 Å². The second kappa shape index (κ2) is 5.60. The molecule has 1 atom stereocenters. The monoisotopic (exact) mass is 263 g/mol. The molecule has 1 aromatic heterocycles. The van der Waals surface area contributed by atoms with Gasteiger partial charge in [0, 0.05) is 18.5 Å². The fourth-order valence-electron chi connectivity index (χ4n) is 1.98. The molecule has 1 unspecified atom stereocenters. The average molecular weight is 263 g/mol. The summed E-state index contributed by atoms with van der Waals surface area (Å²) in [6.07, 6.45) is 1.49. The van der Waals surface area contributed by atoms with Crippen molar-refractivity contribution in [3.63, 3.8) is 0 Å². The van der Waals surface area contributed by atoms with Gasteiger partial charge in [-0.2, -0.15) is 5.10 Å². The lowest BCUT2D eigenvalue weighted by Crippen LogP contribution is -2.18. The number of hydrogen-bond acceptors (Lipinski definition) is 3. The molecule has 1 aromatic carbocycles. The Morgan fingerprint density at radius 3 is 2.84 bits per heavy atom. The Bertz CT molecular complexity index is 583. The van der Waals surface area contributed by atoms with Gasteiger partial charge >= 0.3 is 5.97 Å². The molecule has 5 nitrogen and oxygen atoms in total. The molecule has 0 aliphatic rings. The second-order valence-electron chi connectivity index (χ2n) is 4.11. The summed E-state index contributed by atoms with van der Waals surface area (Å²) in [6, 6.07) is 5.90. The van der Waals surface area contributed by atoms with Gasteiger partial charge in [-0.25, -0.2) is 9.37 Å². The van der Waals surface area contributed by atoms with Crippen LogP contribution in [0.1, 0.15) is 24.2 Å². The van der Waals surface area contributed by atoms with Gasteiger partial charge < -0.3 is 5.11 Å². The molecule has 0 aliphatic heterocycles. The quantitative estimate of drug-likeness (QED) is 0.893. The number of aliphatic carboxylic acids is 1. The zero-order chi connectivity index (χ0) is 13.8. The van der Waals surface area contributed by atoms with Crippen LogP contribution in [-0.4, -0.2) is 25.8 Å². The first-order valence-corrected chi connectivity index (χ1v) is 5.97. The van der Waals surface area contributed by atoms with E-state index in [4.69, 9.17) is 0 Å². The highest BCUT2D eigenvalue weighted by Crippen LogP contribution is 2.23. The van der Waals surface area contributed by atoms with Crippen molar-refractivity contribution >= 4 is 5.97 Å². The number of aromatic nitrogens is 3. The van der Waals surface area contributed by atoms with Crippen molar-refractivity contribution in [3.05, 3.63) is 47.8 Å². The molecule has 0 spiro atoms. The van der Waals surface area contributed by atoms with Crippen molar-refractivity contribution in [2.75, 3.05) is 0 Å². The lowest BCUT2D eigenvalue weighted by Gasteiger charge is -2.13. The van der Waals surface area contributed by atoms with Gasteiger partial charge in [-0.1, -0.05) is 18.2 Å². The Kier molecular flexibility index (Phi) is 3.89. The number of halogens is 1. The van der Waals surface area contributed by atoms with Gasteiger partial charge in [0.25, 0.3) is 0 Å². The third kappa shape index (κ3) is 2.78. The first-order valence-electron chi connectivity index (χ1n) is 5.97. The maximum Gasteiger partial charge on any atom is 0.311 e. The summed E-state index contributed by atoms with van der Waals surface area (Å²) < 4.78 is 15.3. The molecular formula is C13H14FN3O2. The Morgan fingerprint density at radius 2 is 2.21 bits per heavy atom. The van der Waals surface area contributed by atoms with Crippen LogP contribution >= 0.6 is 0 Å². The lowest BCUT2D eigenvalue weighted by molar-refractivity contribution is -0.138. The van der Waals surface area contributed by atoms with Crippen LogP contribution in [0.25, 0.3) is 0 Å². The summed E-state index contributed by atoms with van der Waals surface area (Å²) in [5, 5.41) is 13.3. The number of nitrogens with zero attached hydrogens (tertiary/aromatic N) is 3. The first kappa shape index (κ1) is 13.2. The van der Waals surface area contributed by atoms with E-state index in [9.17, 15) is 14.3 Å². The number of hydrogen-bond donors (Lipinski definition) is 1. The standard InChI is InChI=1S/C13H14FN3O2/c1-2-17-12(15-8-16-17)7-10(13(18)19)9-5-3-4-6-11(9)14/h3-6,8,10H,2,7H2,1H3,(H,18,19). The molecule has 19 heavy (non-hydrogen) atoms. The normalized spacial score (nSPS) is 12.3. The summed E-state index contributed by atoms with van der Waals surface area (Å²) in [5.41, 5.74) is 0.167. The number of benzene rings is 1. The summed E-state index contributed by atoms with van der Waals surface area (Å²) in [5.74, 6) is -2.01. The van der Waals surface area contributed by atoms with Crippen LogP contribution in [0.15, 0.2) is 30.6 Å². The lowest BCUT2D eigenvalue weighted by atomic mass is 9.95. The van der Waals surface area contributed by atoms with Crippen molar-refractivity contribution in [2.24, 2.45) is 0 Å². The van der Waals surface area contributed by atoms with Gasteiger partial charge in [0.15, 0.2) is 0 Å². The molecule has 0 radical (unpaired) electrons. The van der Waals surface area contributed by atoms with Gasteiger partial charge in [0.1, 0.15) is 18.0 Å². The van der Waals surface area contributed by atoms with Crippen molar-refractivity contribution in [3.8, 4) is 0 Å². The van der Waals surface area contributed by atoms with Crippen molar-refractivity contribution in [2.45, 2.75) is 25.8 Å². The topological polar surface area (TPSA) is 68.0 Å². The van der Waals surface area contributed by atoms with E-state index in [0.717, 1.165) is 0 Å². The fraction of sp³-hybridized carbons (Fsp3) is 0.308. The molecule has 0 saturated carbocycles. The Hall–Kier alpha value is -2.24. The molecule has 1 N–H and O–H groups in total. The highest BCUT2D eigenvalue weighted by molar-refractivity contribution is 5.76. The van der Waals surface area contributed by atoms with Crippen LogP contribution in [-0.2, 0) is 17.8 Å². The average Bonchev–Trinajstić information content (AvgIpc) is 2.84. The third-order valence-corrected chi connectivity index (χ3v) is 2.96. The zero-order valence-corrected chi connectivity index (χ0v) is 10.5. The SMILES string of the molecule is CCn1ncnc1CC(C(=O)O)c1ccccc1F. The predicted molar refractivity (Wildman–Crippen MR) is 66.2 cm³/mol. The number of carboxylic acid groups (broad SMARTS) is 1. The Morgan fingerprint density at radius 1 is 1.47 bits per heavy atom.